The van der Waals surface area contributed by atoms with Gasteiger partial charge >= 0.3 is 0 Å². The van der Waals surface area contributed by atoms with Crippen LogP contribution in [-0.4, -0.2) is 0 Å². The van der Waals surface area contributed by atoms with E-state index < -0.39 is 0 Å². The lowest BCUT2D eigenvalue weighted by Gasteiger charge is -2.06. The van der Waals surface area contributed by atoms with Crippen LogP contribution in [0.1, 0.15) is 97.8 Å². The standard InChI is InChI=1S/C18H36/c1-4-6-8-9-10-11-12-13-15-17-18(3)16-14-7-5-2/h14,16,18H,4-13,15,17H2,1-3H3/b16-14+. The first-order chi connectivity index (χ1) is 8.81. The normalized spacial score (nSPS) is 13.3. The van der Waals surface area contributed by atoms with E-state index in [-0.39, 0.29) is 0 Å². The van der Waals surface area contributed by atoms with E-state index in [0.717, 1.165) is 5.92 Å². The fourth-order valence-electron chi connectivity index (χ4n) is 2.37. The van der Waals surface area contributed by atoms with E-state index in [4.69, 9.17) is 0 Å². The summed E-state index contributed by atoms with van der Waals surface area (Å²) in [5, 5.41) is 0. The molecule has 0 aromatic carbocycles. The minimum absolute atomic E-state index is 0.793. The maximum absolute atomic E-state index is 2.41. The van der Waals surface area contributed by atoms with Gasteiger partial charge in [0.05, 0.1) is 0 Å². The second kappa shape index (κ2) is 14.8. The molecule has 0 aromatic heterocycles. The molecule has 0 aromatic rings. The Balaban J connectivity index is 3.14. The van der Waals surface area contributed by atoms with Crippen LogP contribution in [0.4, 0.5) is 0 Å². The molecule has 0 spiro atoms. The van der Waals surface area contributed by atoms with Gasteiger partial charge in [0, 0.05) is 0 Å². The highest BCUT2D eigenvalue weighted by Crippen LogP contribution is 2.14. The second-order valence-electron chi connectivity index (χ2n) is 5.81. The van der Waals surface area contributed by atoms with Crippen molar-refractivity contribution in [1.82, 2.24) is 0 Å². The van der Waals surface area contributed by atoms with Crippen LogP contribution in [-0.2, 0) is 0 Å². The van der Waals surface area contributed by atoms with Crippen molar-refractivity contribution in [2.75, 3.05) is 0 Å². The third-order valence-electron chi connectivity index (χ3n) is 3.68. The van der Waals surface area contributed by atoms with Crippen molar-refractivity contribution >= 4 is 0 Å². The molecule has 0 saturated heterocycles. The zero-order chi connectivity index (χ0) is 13.5. The van der Waals surface area contributed by atoms with E-state index in [0.29, 0.717) is 0 Å². The van der Waals surface area contributed by atoms with Gasteiger partial charge in [-0.15, -0.1) is 0 Å². The maximum atomic E-state index is 2.41. The van der Waals surface area contributed by atoms with Crippen LogP contribution < -0.4 is 0 Å². The molecule has 0 aliphatic carbocycles. The number of hydrogen-bond acceptors (Lipinski definition) is 0. The predicted molar refractivity (Wildman–Crippen MR) is 85.1 cm³/mol. The van der Waals surface area contributed by atoms with E-state index in [1.54, 1.807) is 0 Å². The van der Waals surface area contributed by atoms with E-state index in [2.05, 4.69) is 32.9 Å². The van der Waals surface area contributed by atoms with Crippen LogP contribution in [0.3, 0.4) is 0 Å². The van der Waals surface area contributed by atoms with Crippen LogP contribution >= 0.6 is 0 Å². The molecular formula is C18H36. The van der Waals surface area contributed by atoms with Crippen LogP contribution in [0, 0.1) is 5.92 Å². The molecule has 0 heterocycles. The molecule has 108 valence electrons. The molecular weight excluding hydrogens is 216 g/mol. The predicted octanol–water partition coefficient (Wildman–Crippen LogP) is 6.90. The molecule has 18 heavy (non-hydrogen) atoms. The molecule has 0 rings (SSSR count). The topological polar surface area (TPSA) is 0 Å². The summed E-state index contributed by atoms with van der Waals surface area (Å²) < 4.78 is 0. The van der Waals surface area contributed by atoms with Gasteiger partial charge in [-0.1, -0.05) is 97.1 Å². The van der Waals surface area contributed by atoms with Crippen LogP contribution in [0.25, 0.3) is 0 Å². The lowest BCUT2D eigenvalue weighted by Crippen LogP contribution is -1.90. The summed E-state index contributed by atoms with van der Waals surface area (Å²) in [6.45, 7) is 6.89. The van der Waals surface area contributed by atoms with Gasteiger partial charge in [0.1, 0.15) is 0 Å². The molecule has 0 N–H and O–H groups in total. The van der Waals surface area contributed by atoms with Crippen molar-refractivity contribution in [3.63, 3.8) is 0 Å². The summed E-state index contributed by atoms with van der Waals surface area (Å²) in [6.07, 6.45) is 21.6. The molecule has 0 bridgehead atoms. The van der Waals surface area contributed by atoms with Gasteiger partial charge in [0.2, 0.25) is 0 Å². The molecule has 0 radical (unpaired) electrons. The minimum Gasteiger partial charge on any atom is -0.0883 e. The zero-order valence-corrected chi connectivity index (χ0v) is 13.2. The van der Waals surface area contributed by atoms with E-state index in [1.165, 1.54) is 77.0 Å². The molecule has 1 unspecified atom stereocenters. The highest BCUT2D eigenvalue weighted by molar-refractivity contribution is 4.85. The van der Waals surface area contributed by atoms with Crippen molar-refractivity contribution in [3.05, 3.63) is 12.2 Å². The van der Waals surface area contributed by atoms with E-state index >= 15 is 0 Å². The molecule has 0 saturated carbocycles. The Morgan fingerprint density at radius 1 is 0.722 bits per heavy atom. The highest BCUT2D eigenvalue weighted by atomic mass is 14.0. The molecule has 0 amide bonds. The lowest BCUT2D eigenvalue weighted by molar-refractivity contribution is 0.528. The summed E-state index contributed by atoms with van der Waals surface area (Å²) >= 11 is 0. The van der Waals surface area contributed by atoms with Gasteiger partial charge in [0.15, 0.2) is 0 Å². The van der Waals surface area contributed by atoms with Crippen LogP contribution in [0.15, 0.2) is 12.2 Å². The van der Waals surface area contributed by atoms with Gasteiger partial charge in [0.25, 0.3) is 0 Å². The summed E-state index contributed by atoms with van der Waals surface area (Å²) in [4.78, 5) is 0. The monoisotopic (exact) mass is 252 g/mol. The largest absolute Gasteiger partial charge is 0.0883 e. The number of allylic oxidation sites excluding steroid dienone is 2. The average molecular weight is 252 g/mol. The van der Waals surface area contributed by atoms with E-state index in [9.17, 15) is 0 Å². The Labute approximate surface area is 116 Å². The Bertz CT molecular complexity index is 169. The quantitative estimate of drug-likeness (QED) is 0.247. The Hall–Kier alpha value is -0.260. The summed E-state index contributed by atoms with van der Waals surface area (Å²) in [5.41, 5.74) is 0. The Morgan fingerprint density at radius 2 is 1.28 bits per heavy atom. The number of hydrogen-bond donors (Lipinski definition) is 0. The first kappa shape index (κ1) is 17.7. The van der Waals surface area contributed by atoms with Gasteiger partial charge in [-0.25, -0.2) is 0 Å². The van der Waals surface area contributed by atoms with Crippen LogP contribution in [0.2, 0.25) is 0 Å². The van der Waals surface area contributed by atoms with Crippen molar-refractivity contribution in [2.45, 2.75) is 97.8 Å². The zero-order valence-electron chi connectivity index (χ0n) is 13.2. The summed E-state index contributed by atoms with van der Waals surface area (Å²) in [6, 6.07) is 0. The fourth-order valence-corrected chi connectivity index (χ4v) is 2.37. The van der Waals surface area contributed by atoms with Gasteiger partial charge in [-0.2, -0.15) is 0 Å². The maximum Gasteiger partial charge on any atom is -0.0262 e. The van der Waals surface area contributed by atoms with Crippen molar-refractivity contribution in [2.24, 2.45) is 5.92 Å². The fraction of sp³-hybridized carbons (Fsp3) is 0.889. The lowest BCUT2D eigenvalue weighted by atomic mass is 10.0. The second-order valence-corrected chi connectivity index (χ2v) is 5.81. The minimum atomic E-state index is 0.793. The molecule has 1 atom stereocenters. The van der Waals surface area contributed by atoms with Crippen molar-refractivity contribution in [3.8, 4) is 0 Å². The molecule has 0 heteroatoms. The molecule has 0 fully saturated rings. The molecule has 0 nitrogen and oxygen atoms in total. The third kappa shape index (κ3) is 13.8. The van der Waals surface area contributed by atoms with Gasteiger partial charge in [-0.05, 0) is 18.8 Å². The molecule has 0 aliphatic heterocycles. The van der Waals surface area contributed by atoms with Crippen molar-refractivity contribution in [1.29, 1.82) is 0 Å². The van der Waals surface area contributed by atoms with Gasteiger partial charge < -0.3 is 0 Å². The summed E-state index contributed by atoms with van der Waals surface area (Å²) in [7, 11) is 0. The third-order valence-corrected chi connectivity index (χ3v) is 3.68. The first-order valence-corrected chi connectivity index (χ1v) is 8.47. The van der Waals surface area contributed by atoms with Crippen LogP contribution in [0.5, 0.6) is 0 Å². The number of rotatable bonds is 13. The Morgan fingerprint density at radius 3 is 1.83 bits per heavy atom. The van der Waals surface area contributed by atoms with Gasteiger partial charge in [-0.3, -0.25) is 0 Å². The number of unbranched alkanes of at least 4 members (excludes halogenated alkanes) is 9. The smallest absolute Gasteiger partial charge is 0.0262 e. The first-order valence-electron chi connectivity index (χ1n) is 8.47. The molecule has 0 aliphatic rings. The summed E-state index contributed by atoms with van der Waals surface area (Å²) in [5.74, 6) is 0.793. The highest BCUT2D eigenvalue weighted by Gasteiger charge is 1.97. The average Bonchev–Trinajstić information content (AvgIpc) is 2.37. The van der Waals surface area contributed by atoms with E-state index in [1.807, 2.05) is 0 Å². The Kier molecular flexibility index (Phi) is 14.6. The van der Waals surface area contributed by atoms with Crippen molar-refractivity contribution < 1.29 is 0 Å². The SMILES string of the molecule is CCC/C=C/C(C)CCCCCCCCCCC.